The fraction of sp³-hybridized carbons (Fsp3) is 0.429. The Bertz CT molecular complexity index is 711. The average Bonchev–Trinajstić information content (AvgIpc) is 2.68. The predicted molar refractivity (Wildman–Crippen MR) is 99.8 cm³/mol. The van der Waals surface area contributed by atoms with Crippen molar-refractivity contribution >= 4 is 5.91 Å². The highest BCUT2D eigenvalue weighted by Crippen LogP contribution is 2.26. The van der Waals surface area contributed by atoms with Crippen LogP contribution in [0, 0.1) is 0 Å². The van der Waals surface area contributed by atoms with E-state index in [-0.39, 0.29) is 5.91 Å². The first-order valence-electron chi connectivity index (χ1n) is 9.38. The molecule has 0 radical (unpaired) electrons. The Balaban J connectivity index is 1.43. The average molecular weight is 351 g/mol. The summed E-state index contributed by atoms with van der Waals surface area (Å²) in [6, 6.07) is 15.2. The Kier molecular flexibility index (Phi) is 5.27. The molecular formula is C21H25N3O2. The van der Waals surface area contributed by atoms with Crippen LogP contribution in [0.1, 0.15) is 28.8 Å². The van der Waals surface area contributed by atoms with Crippen molar-refractivity contribution in [3.8, 4) is 0 Å². The van der Waals surface area contributed by atoms with Gasteiger partial charge in [-0.1, -0.05) is 30.3 Å². The van der Waals surface area contributed by atoms with E-state index in [1.165, 1.54) is 5.56 Å². The number of likely N-dealkylation sites (tertiary alicyclic amines) is 1. The van der Waals surface area contributed by atoms with E-state index in [1.807, 2.05) is 17.0 Å². The number of hydrogen-bond donors (Lipinski definition) is 0. The fourth-order valence-electron chi connectivity index (χ4n) is 3.87. The maximum Gasteiger partial charge on any atom is 0.255 e. The van der Waals surface area contributed by atoms with E-state index >= 15 is 0 Å². The quantitative estimate of drug-likeness (QED) is 0.831. The Morgan fingerprint density at radius 1 is 1.08 bits per heavy atom. The van der Waals surface area contributed by atoms with Crippen molar-refractivity contribution in [3.63, 3.8) is 0 Å². The van der Waals surface area contributed by atoms with Gasteiger partial charge in [0.05, 0.1) is 5.56 Å². The normalized spacial score (nSPS) is 18.7. The number of amides is 1. The third kappa shape index (κ3) is 3.79. The second-order valence-electron chi connectivity index (χ2n) is 7.11. The van der Waals surface area contributed by atoms with Gasteiger partial charge in [0.25, 0.3) is 5.91 Å². The smallest absolute Gasteiger partial charge is 0.255 e. The summed E-state index contributed by atoms with van der Waals surface area (Å²) < 4.78 is 5.55. The van der Waals surface area contributed by atoms with Crippen LogP contribution in [0.25, 0.3) is 0 Å². The van der Waals surface area contributed by atoms with Crippen LogP contribution in [-0.4, -0.2) is 59.1 Å². The second kappa shape index (κ2) is 7.98. The van der Waals surface area contributed by atoms with Crippen molar-refractivity contribution in [1.29, 1.82) is 0 Å². The molecule has 2 aliphatic rings. The van der Waals surface area contributed by atoms with Crippen molar-refractivity contribution in [1.82, 2.24) is 14.8 Å². The van der Waals surface area contributed by atoms with Crippen LogP contribution in [0.3, 0.4) is 0 Å². The van der Waals surface area contributed by atoms with Gasteiger partial charge >= 0.3 is 0 Å². The zero-order valence-corrected chi connectivity index (χ0v) is 15.0. The molecule has 0 atom stereocenters. The topological polar surface area (TPSA) is 45.7 Å². The number of nitrogens with zero attached hydrogens (tertiary/aromatic N) is 3. The third-order valence-electron chi connectivity index (χ3n) is 5.39. The van der Waals surface area contributed by atoms with E-state index in [4.69, 9.17) is 4.74 Å². The summed E-state index contributed by atoms with van der Waals surface area (Å²) in [5.41, 5.74) is 2.00. The van der Waals surface area contributed by atoms with Gasteiger partial charge in [-0.05, 0) is 30.5 Å². The molecule has 0 aliphatic carbocycles. The molecule has 2 fully saturated rings. The molecule has 2 aromatic rings. The maximum atomic E-state index is 12.6. The molecule has 1 amide bonds. The Morgan fingerprint density at radius 2 is 1.85 bits per heavy atom. The SMILES string of the molecule is O=C(c1cccnc1)N1CC(N(Cc2ccccc2)C2CCOCC2)C1. The number of carbonyl (C=O) groups is 1. The van der Waals surface area contributed by atoms with Gasteiger partial charge in [-0.15, -0.1) is 0 Å². The van der Waals surface area contributed by atoms with E-state index in [1.54, 1.807) is 12.4 Å². The summed E-state index contributed by atoms with van der Waals surface area (Å²) in [6.07, 6.45) is 5.48. The number of benzene rings is 1. The standard InChI is InChI=1S/C21H25N3O2/c25-21(18-7-4-10-22-13-18)23-15-20(16-23)24(19-8-11-26-12-9-19)14-17-5-2-1-3-6-17/h1-7,10,13,19-20H,8-9,11-12,14-16H2. The molecular weight excluding hydrogens is 326 g/mol. The van der Waals surface area contributed by atoms with Crippen LogP contribution in [0.2, 0.25) is 0 Å². The number of carbonyl (C=O) groups excluding carboxylic acids is 1. The van der Waals surface area contributed by atoms with E-state index in [0.717, 1.165) is 45.7 Å². The van der Waals surface area contributed by atoms with Gasteiger partial charge in [0.2, 0.25) is 0 Å². The lowest BCUT2D eigenvalue weighted by molar-refractivity contribution is -0.0289. The molecule has 2 aliphatic heterocycles. The number of pyridine rings is 1. The monoisotopic (exact) mass is 351 g/mol. The lowest BCUT2D eigenvalue weighted by Gasteiger charge is -2.49. The molecule has 2 saturated heterocycles. The predicted octanol–water partition coefficient (Wildman–Crippen LogP) is 2.59. The first-order valence-corrected chi connectivity index (χ1v) is 9.38. The lowest BCUT2D eigenvalue weighted by atomic mass is 9.98. The van der Waals surface area contributed by atoms with Crippen molar-refractivity contribution in [2.24, 2.45) is 0 Å². The zero-order chi connectivity index (χ0) is 17.8. The van der Waals surface area contributed by atoms with Crippen LogP contribution in [0.15, 0.2) is 54.9 Å². The molecule has 0 bridgehead atoms. The van der Waals surface area contributed by atoms with Gasteiger partial charge in [0.1, 0.15) is 0 Å². The summed E-state index contributed by atoms with van der Waals surface area (Å²) in [6.45, 7) is 4.18. The van der Waals surface area contributed by atoms with Gasteiger partial charge < -0.3 is 9.64 Å². The van der Waals surface area contributed by atoms with Crippen molar-refractivity contribution in [3.05, 3.63) is 66.0 Å². The molecule has 0 N–H and O–H groups in total. The fourth-order valence-corrected chi connectivity index (χ4v) is 3.87. The van der Waals surface area contributed by atoms with Gasteiger partial charge in [0.15, 0.2) is 0 Å². The second-order valence-corrected chi connectivity index (χ2v) is 7.11. The number of ether oxygens (including phenoxy) is 1. The minimum absolute atomic E-state index is 0.0842. The molecule has 1 aromatic carbocycles. The molecule has 5 heteroatoms. The van der Waals surface area contributed by atoms with Crippen LogP contribution in [0.4, 0.5) is 0 Å². The number of hydrogen-bond acceptors (Lipinski definition) is 4. The summed E-state index contributed by atoms with van der Waals surface area (Å²) >= 11 is 0. The van der Waals surface area contributed by atoms with E-state index in [2.05, 4.69) is 40.2 Å². The Labute approximate surface area is 154 Å². The summed E-state index contributed by atoms with van der Waals surface area (Å²) in [5, 5.41) is 0. The highest BCUT2D eigenvalue weighted by molar-refractivity contribution is 5.94. The van der Waals surface area contributed by atoms with Crippen LogP contribution in [0.5, 0.6) is 0 Å². The molecule has 3 heterocycles. The van der Waals surface area contributed by atoms with E-state index in [0.29, 0.717) is 17.6 Å². The van der Waals surface area contributed by atoms with Crippen LogP contribution < -0.4 is 0 Å². The molecule has 136 valence electrons. The molecule has 5 nitrogen and oxygen atoms in total. The first-order chi connectivity index (χ1) is 12.8. The minimum Gasteiger partial charge on any atom is -0.381 e. The molecule has 0 saturated carbocycles. The summed E-state index contributed by atoms with van der Waals surface area (Å²) in [5.74, 6) is 0.0842. The Hall–Kier alpha value is -2.24. The van der Waals surface area contributed by atoms with Gasteiger partial charge in [-0.3, -0.25) is 14.7 Å². The van der Waals surface area contributed by atoms with E-state index < -0.39 is 0 Å². The van der Waals surface area contributed by atoms with Gasteiger partial charge in [-0.2, -0.15) is 0 Å². The minimum atomic E-state index is 0.0842. The van der Waals surface area contributed by atoms with Gasteiger partial charge in [-0.25, -0.2) is 0 Å². The summed E-state index contributed by atoms with van der Waals surface area (Å²) in [4.78, 5) is 21.2. The van der Waals surface area contributed by atoms with Crippen molar-refractivity contribution < 1.29 is 9.53 Å². The highest BCUT2D eigenvalue weighted by atomic mass is 16.5. The maximum absolute atomic E-state index is 12.6. The molecule has 1 aromatic heterocycles. The van der Waals surface area contributed by atoms with Gasteiger partial charge in [0, 0.05) is 57.3 Å². The van der Waals surface area contributed by atoms with Crippen LogP contribution >= 0.6 is 0 Å². The largest absolute Gasteiger partial charge is 0.381 e. The third-order valence-corrected chi connectivity index (χ3v) is 5.39. The number of aromatic nitrogens is 1. The zero-order valence-electron chi connectivity index (χ0n) is 15.0. The number of rotatable bonds is 5. The Morgan fingerprint density at radius 3 is 2.54 bits per heavy atom. The lowest BCUT2D eigenvalue weighted by Crippen LogP contribution is -2.63. The summed E-state index contributed by atoms with van der Waals surface area (Å²) in [7, 11) is 0. The highest BCUT2D eigenvalue weighted by Gasteiger charge is 2.38. The van der Waals surface area contributed by atoms with Crippen LogP contribution in [-0.2, 0) is 11.3 Å². The molecule has 0 unspecified atom stereocenters. The van der Waals surface area contributed by atoms with Crippen molar-refractivity contribution in [2.45, 2.75) is 31.5 Å². The van der Waals surface area contributed by atoms with Crippen molar-refractivity contribution in [2.75, 3.05) is 26.3 Å². The first kappa shape index (κ1) is 17.2. The molecule has 0 spiro atoms. The van der Waals surface area contributed by atoms with E-state index in [9.17, 15) is 4.79 Å². The molecule has 26 heavy (non-hydrogen) atoms. The molecule has 4 rings (SSSR count).